The fraction of sp³-hybridized carbons (Fsp3) is 0.136. The maximum atomic E-state index is 11.0. The van der Waals surface area contributed by atoms with Crippen molar-refractivity contribution in [1.82, 2.24) is 5.32 Å². The molecule has 3 aromatic carbocycles. The van der Waals surface area contributed by atoms with Crippen LogP contribution < -0.4 is 5.32 Å². The zero-order valence-electron chi connectivity index (χ0n) is 13.8. The topological polar surface area (TPSA) is 56.0 Å². The average molecular weight is 328 g/mol. The van der Waals surface area contributed by atoms with Crippen LogP contribution in [-0.4, -0.2) is 5.11 Å². The summed E-state index contributed by atoms with van der Waals surface area (Å²) < 4.78 is 0. The van der Waals surface area contributed by atoms with Crippen LogP contribution in [0.5, 0.6) is 0 Å². The molecule has 0 spiro atoms. The fourth-order valence-corrected chi connectivity index (χ4v) is 2.91. The number of aliphatic hydroxyl groups is 1. The van der Waals surface area contributed by atoms with E-state index in [1.807, 2.05) is 91.0 Å². The molecule has 0 heterocycles. The minimum atomic E-state index is -0.761. The minimum absolute atomic E-state index is 0.395. The predicted octanol–water partition coefficient (Wildman–Crippen LogP) is 4.32. The molecule has 2 N–H and O–H groups in total. The maximum absolute atomic E-state index is 11.0. The molecule has 3 aromatic rings. The lowest BCUT2D eigenvalue weighted by molar-refractivity contribution is 0.125. The lowest BCUT2D eigenvalue weighted by atomic mass is 9.94. The summed E-state index contributed by atoms with van der Waals surface area (Å²) in [5.74, 6) is 0. The normalized spacial score (nSPS) is 14.2. The number of hydrogen-bond donors (Lipinski definition) is 2. The number of rotatable bonds is 6. The second-order valence-electron chi connectivity index (χ2n) is 5.88. The molecule has 0 aliphatic carbocycles. The standard InChI is InChI=1S/C22H20N2O/c23-16-20(17-10-4-1-5-11-17)24-21(18-12-6-2-7-13-18)22(25)19-14-8-3-9-15-19/h1-15,20-22,24-25H/t20?,21-,22+/m1/s1. The van der Waals surface area contributed by atoms with Crippen LogP contribution in [0, 0.1) is 11.3 Å². The third-order valence-corrected chi connectivity index (χ3v) is 4.22. The molecule has 1 unspecified atom stereocenters. The van der Waals surface area contributed by atoms with Gasteiger partial charge in [-0.15, -0.1) is 0 Å². The summed E-state index contributed by atoms with van der Waals surface area (Å²) in [7, 11) is 0. The van der Waals surface area contributed by atoms with Gasteiger partial charge in [-0.05, 0) is 16.7 Å². The third-order valence-electron chi connectivity index (χ3n) is 4.22. The number of nitrogens with zero attached hydrogens (tertiary/aromatic N) is 1. The van der Waals surface area contributed by atoms with Crippen molar-refractivity contribution < 1.29 is 5.11 Å². The van der Waals surface area contributed by atoms with Crippen molar-refractivity contribution in [2.24, 2.45) is 0 Å². The van der Waals surface area contributed by atoms with Crippen LogP contribution in [0.1, 0.15) is 34.9 Å². The van der Waals surface area contributed by atoms with Crippen LogP contribution in [0.25, 0.3) is 0 Å². The highest BCUT2D eigenvalue weighted by atomic mass is 16.3. The Kier molecular flexibility index (Phi) is 5.58. The van der Waals surface area contributed by atoms with E-state index in [1.54, 1.807) is 0 Å². The molecule has 3 rings (SSSR count). The minimum Gasteiger partial charge on any atom is -0.386 e. The highest BCUT2D eigenvalue weighted by Gasteiger charge is 2.26. The molecule has 3 heteroatoms. The molecule has 25 heavy (non-hydrogen) atoms. The molecule has 0 aromatic heterocycles. The molecular formula is C22H20N2O. The first kappa shape index (κ1) is 16.9. The van der Waals surface area contributed by atoms with Crippen LogP contribution in [0.3, 0.4) is 0 Å². The summed E-state index contributed by atoms with van der Waals surface area (Å²) in [6.45, 7) is 0. The monoisotopic (exact) mass is 328 g/mol. The van der Waals surface area contributed by atoms with Gasteiger partial charge in [0.05, 0.1) is 18.2 Å². The number of aliphatic hydroxyl groups excluding tert-OH is 1. The molecule has 0 amide bonds. The van der Waals surface area contributed by atoms with Gasteiger partial charge in [0, 0.05) is 0 Å². The zero-order chi connectivity index (χ0) is 17.5. The van der Waals surface area contributed by atoms with E-state index < -0.39 is 18.2 Å². The Balaban J connectivity index is 1.93. The summed E-state index contributed by atoms with van der Waals surface area (Å²) in [5.41, 5.74) is 2.63. The van der Waals surface area contributed by atoms with Gasteiger partial charge in [-0.25, -0.2) is 0 Å². The average Bonchev–Trinajstić information content (AvgIpc) is 2.70. The van der Waals surface area contributed by atoms with E-state index in [-0.39, 0.29) is 0 Å². The lowest BCUT2D eigenvalue weighted by Crippen LogP contribution is -2.30. The Morgan fingerprint density at radius 3 is 1.60 bits per heavy atom. The van der Waals surface area contributed by atoms with E-state index in [2.05, 4.69) is 11.4 Å². The summed E-state index contributed by atoms with van der Waals surface area (Å²) in [5, 5.41) is 23.9. The van der Waals surface area contributed by atoms with E-state index >= 15 is 0 Å². The van der Waals surface area contributed by atoms with E-state index in [0.717, 1.165) is 16.7 Å². The highest BCUT2D eigenvalue weighted by Crippen LogP contribution is 2.31. The third kappa shape index (κ3) is 4.13. The SMILES string of the molecule is N#CC(N[C@H](c1ccccc1)[C@@H](O)c1ccccc1)c1ccccc1. The van der Waals surface area contributed by atoms with Crippen molar-refractivity contribution in [3.05, 3.63) is 108 Å². The highest BCUT2D eigenvalue weighted by molar-refractivity contribution is 5.29. The maximum Gasteiger partial charge on any atom is 0.121 e. The lowest BCUT2D eigenvalue weighted by Gasteiger charge is -2.27. The van der Waals surface area contributed by atoms with Gasteiger partial charge in [0.15, 0.2) is 0 Å². The van der Waals surface area contributed by atoms with Gasteiger partial charge in [0.1, 0.15) is 6.04 Å². The van der Waals surface area contributed by atoms with Crippen molar-refractivity contribution in [3.8, 4) is 6.07 Å². The molecule has 0 aliphatic heterocycles. The van der Waals surface area contributed by atoms with Crippen molar-refractivity contribution in [2.45, 2.75) is 18.2 Å². The molecule has 3 nitrogen and oxygen atoms in total. The zero-order valence-corrected chi connectivity index (χ0v) is 13.8. The van der Waals surface area contributed by atoms with Gasteiger partial charge >= 0.3 is 0 Å². The van der Waals surface area contributed by atoms with Gasteiger partial charge in [-0.3, -0.25) is 5.32 Å². The Labute approximate surface area is 148 Å². The molecule has 3 atom stereocenters. The number of nitrogens with one attached hydrogen (secondary N) is 1. The van der Waals surface area contributed by atoms with E-state index in [9.17, 15) is 10.4 Å². The molecule has 124 valence electrons. The second-order valence-corrected chi connectivity index (χ2v) is 5.88. The smallest absolute Gasteiger partial charge is 0.121 e. The van der Waals surface area contributed by atoms with Gasteiger partial charge < -0.3 is 5.11 Å². The van der Waals surface area contributed by atoms with Gasteiger partial charge in [-0.1, -0.05) is 91.0 Å². The Morgan fingerprint density at radius 2 is 1.12 bits per heavy atom. The second kappa shape index (κ2) is 8.25. The summed E-state index contributed by atoms with van der Waals surface area (Å²) in [6.07, 6.45) is -0.761. The fourth-order valence-electron chi connectivity index (χ4n) is 2.91. The molecule has 0 saturated carbocycles. The van der Waals surface area contributed by atoms with Gasteiger partial charge in [-0.2, -0.15) is 5.26 Å². The molecule has 0 fully saturated rings. The first-order valence-corrected chi connectivity index (χ1v) is 8.28. The van der Waals surface area contributed by atoms with E-state index in [4.69, 9.17) is 0 Å². The van der Waals surface area contributed by atoms with Crippen molar-refractivity contribution in [3.63, 3.8) is 0 Å². The molecular weight excluding hydrogens is 308 g/mol. The first-order chi connectivity index (χ1) is 12.3. The number of nitriles is 1. The van der Waals surface area contributed by atoms with Crippen LogP contribution in [0.15, 0.2) is 91.0 Å². The van der Waals surface area contributed by atoms with E-state index in [1.165, 1.54) is 0 Å². The van der Waals surface area contributed by atoms with Crippen LogP contribution in [-0.2, 0) is 0 Å². The van der Waals surface area contributed by atoms with Gasteiger partial charge in [0.25, 0.3) is 0 Å². The van der Waals surface area contributed by atoms with Crippen molar-refractivity contribution >= 4 is 0 Å². The Hall–Kier alpha value is -2.93. The molecule has 0 radical (unpaired) electrons. The quantitative estimate of drug-likeness (QED) is 0.709. The Bertz CT molecular complexity index is 813. The van der Waals surface area contributed by atoms with Crippen LogP contribution >= 0.6 is 0 Å². The number of hydrogen-bond acceptors (Lipinski definition) is 3. The van der Waals surface area contributed by atoms with E-state index in [0.29, 0.717) is 0 Å². The summed E-state index contributed by atoms with van der Waals surface area (Å²) in [6, 6.07) is 30.2. The molecule has 0 saturated heterocycles. The van der Waals surface area contributed by atoms with Crippen LogP contribution in [0.4, 0.5) is 0 Å². The van der Waals surface area contributed by atoms with Crippen molar-refractivity contribution in [2.75, 3.05) is 0 Å². The number of benzene rings is 3. The Morgan fingerprint density at radius 1 is 0.680 bits per heavy atom. The van der Waals surface area contributed by atoms with Crippen LogP contribution in [0.2, 0.25) is 0 Å². The summed E-state index contributed by atoms with van der Waals surface area (Å²) >= 11 is 0. The summed E-state index contributed by atoms with van der Waals surface area (Å²) in [4.78, 5) is 0. The van der Waals surface area contributed by atoms with Crippen molar-refractivity contribution in [1.29, 1.82) is 5.26 Å². The predicted molar refractivity (Wildman–Crippen MR) is 98.5 cm³/mol. The molecule has 0 bridgehead atoms. The largest absolute Gasteiger partial charge is 0.386 e. The first-order valence-electron chi connectivity index (χ1n) is 8.28. The van der Waals surface area contributed by atoms with Gasteiger partial charge in [0.2, 0.25) is 0 Å². The molecule has 0 aliphatic rings.